The maximum Gasteiger partial charge on any atom is 0.159 e. The Balaban J connectivity index is 1.65. The Morgan fingerprint density at radius 1 is 1.25 bits per heavy atom. The van der Waals surface area contributed by atoms with Gasteiger partial charge in [-0.05, 0) is 62.1 Å². The number of nitrogens with zero attached hydrogens (tertiary/aromatic N) is 1. The standard InChI is InChI=1S/C26H31FN2O2S/c1-14-5-6-18-7-15(2)28-12-23(27)16(3)29-26-22-10-20(25(26)17(4)30)11-24(22)32-13-21(31)9-19(14)8-18/h5-6,8,12,20,22,24-26,28H,2,7,9-11,13H2,1,3-4H3. The highest BCUT2D eigenvalue weighted by Gasteiger charge is 2.54. The molecule has 0 amide bonds. The summed E-state index contributed by atoms with van der Waals surface area (Å²) in [6.45, 7) is 9.31. The van der Waals surface area contributed by atoms with Crippen LogP contribution in [0.15, 0.2) is 47.5 Å². The molecule has 3 aliphatic rings. The predicted octanol–water partition coefficient (Wildman–Crippen LogP) is 4.75. The van der Waals surface area contributed by atoms with Gasteiger partial charge in [0, 0.05) is 35.9 Å². The second kappa shape index (κ2) is 9.34. The van der Waals surface area contributed by atoms with Crippen LogP contribution >= 0.6 is 11.8 Å². The number of carbonyl (C=O) groups excluding carboxylic acids is 2. The van der Waals surface area contributed by atoms with Gasteiger partial charge in [0.1, 0.15) is 11.6 Å². The molecule has 2 fully saturated rings. The Hall–Kier alpha value is -2.21. The molecule has 1 aromatic carbocycles. The smallest absolute Gasteiger partial charge is 0.159 e. The van der Waals surface area contributed by atoms with Gasteiger partial charge in [-0.1, -0.05) is 24.8 Å². The molecule has 5 atom stereocenters. The highest BCUT2D eigenvalue weighted by atomic mass is 32.2. The average Bonchev–Trinajstić information content (AvgIpc) is 3.30. The van der Waals surface area contributed by atoms with Gasteiger partial charge >= 0.3 is 0 Å². The third-order valence-electron chi connectivity index (χ3n) is 7.14. The van der Waals surface area contributed by atoms with Crippen molar-refractivity contribution in [2.75, 3.05) is 5.75 Å². The van der Waals surface area contributed by atoms with E-state index in [9.17, 15) is 14.0 Å². The molecule has 6 heteroatoms. The van der Waals surface area contributed by atoms with Gasteiger partial charge in [-0.3, -0.25) is 14.6 Å². The van der Waals surface area contributed by atoms with E-state index in [-0.39, 0.29) is 40.6 Å². The van der Waals surface area contributed by atoms with Crippen molar-refractivity contribution in [3.63, 3.8) is 0 Å². The Bertz CT molecular complexity index is 1020. The van der Waals surface area contributed by atoms with Gasteiger partial charge in [0.15, 0.2) is 5.83 Å². The molecule has 1 heterocycles. The van der Waals surface area contributed by atoms with Gasteiger partial charge in [0.05, 0.1) is 17.5 Å². The van der Waals surface area contributed by atoms with Crippen molar-refractivity contribution < 1.29 is 14.0 Å². The third-order valence-corrected chi connectivity index (χ3v) is 8.60. The topological polar surface area (TPSA) is 58.5 Å². The van der Waals surface area contributed by atoms with E-state index in [4.69, 9.17) is 4.99 Å². The van der Waals surface area contributed by atoms with Gasteiger partial charge in [-0.25, -0.2) is 4.39 Å². The lowest BCUT2D eigenvalue weighted by Gasteiger charge is -2.32. The highest BCUT2D eigenvalue weighted by Crippen LogP contribution is 2.54. The summed E-state index contributed by atoms with van der Waals surface area (Å²) >= 11 is 1.70. The van der Waals surface area contributed by atoms with Crippen LogP contribution in [-0.2, 0) is 22.4 Å². The van der Waals surface area contributed by atoms with Crippen LogP contribution in [0.1, 0.15) is 43.4 Å². The molecular formula is C26H31FN2O2S. The fourth-order valence-corrected chi connectivity index (χ4v) is 6.95. The van der Waals surface area contributed by atoms with Crippen molar-refractivity contribution in [2.45, 2.75) is 57.7 Å². The molecule has 32 heavy (non-hydrogen) atoms. The monoisotopic (exact) mass is 454 g/mol. The Morgan fingerprint density at radius 3 is 2.78 bits per heavy atom. The van der Waals surface area contributed by atoms with E-state index < -0.39 is 5.83 Å². The summed E-state index contributed by atoms with van der Waals surface area (Å²) in [5, 5.41) is 3.24. The van der Waals surface area contributed by atoms with Crippen LogP contribution in [0.25, 0.3) is 0 Å². The minimum atomic E-state index is -0.440. The number of aryl methyl sites for hydroxylation is 1. The molecule has 1 N–H and O–H groups in total. The van der Waals surface area contributed by atoms with Gasteiger partial charge in [0.25, 0.3) is 0 Å². The van der Waals surface area contributed by atoms with Gasteiger partial charge in [-0.15, -0.1) is 0 Å². The van der Waals surface area contributed by atoms with E-state index in [2.05, 4.69) is 18.0 Å². The van der Waals surface area contributed by atoms with E-state index in [1.165, 1.54) is 6.20 Å². The number of carbonyl (C=O) groups is 2. The SMILES string of the molecule is C=C1Cc2ccc(C)c(c2)CC(=O)CSC2CC3CC2C(N=C(C)C(F)=CN1)C3C(C)=O. The molecule has 170 valence electrons. The Kier molecular flexibility index (Phi) is 6.70. The maximum atomic E-state index is 14.8. The zero-order valence-electron chi connectivity index (χ0n) is 19.0. The average molecular weight is 455 g/mol. The number of hydrogen-bond acceptors (Lipinski definition) is 5. The fraction of sp³-hybridized carbons (Fsp3) is 0.500. The summed E-state index contributed by atoms with van der Waals surface area (Å²) in [5.41, 5.74) is 4.14. The summed E-state index contributed by atoms with van der Waals surface area (Å²) in [6, 6.07) is 5.89. The van der Waals surface area contributed by atoms with E-state index in [0.29, 0.717) is 30.0 Å². The van der Waals surface area contributed by atoms with Crippen LogP contribution in [0.2, 0.25) is 0 Å². The summed E-state index contributed by atoms with van der Waals surface area (Å²) in [4.78, 5) is 29.9. The molecule has 4 nitrogen and oxygen atoms in total. The largest absolute Gasteiger partial charge is 0.363 e. The van der Waals surface area contributed by atoms with Crippen LogP contribution in [0.5, 0.6) is 0 Å². The predicted molar refractivity (Wildman–Crippen MR) is 129 cm³/mol. The number of rotatable bonds is 1. The lowest BCUT2D eigenvalue weighted by Crippen LogP contribution is -2.37. The number of hydrogen-bond donors (Lipinski definition) is 1. The first-order chi connectivity index (χ1) is 15.2. The number of benzene rings is 1. The van der Waals surface area contributed by atoms with Crippen LogP contribution < -0.4 is 5.32 Å². The molecule has 4 rings (SSSR count). The first-order valence-electron chi connectivity index (χ1n) is 11.3. The number of ketones is 2. The summed E-state index contributed by atoms with van der Waals surface area (Å²) in [7, 11) is 0. The number of thioether (sulfide) groups is 1. The number of fused-ring (bicyclic) bond motifs is 3. The molecule has 0 radical (unpaired) electrons. The number of Topliss-reactive ketones (excluding diaryl/α,β-unsaturated/α-hetero) is 2. The summed E-state index contributed by atoms with van der Waals surface area (Å²) < 4.78 is 14.8. The number of nitrogens with one attached hydrogen (secondary N) is 1. The molecule has 5 unspecified atom stereocenters. The lowest BCUT2D eigenvalue weighted by atomic mass is 9.82. The van der Waals surface area contributed by atoms with Gasteiger partial charge < -0.3 is 5.32 Å². The van der Waals surface area contributed by atoms with Crippen molar-refractivity contribution in [3.8, 4) is 0 Å². The van der Waals surface area contributed by atoms with Crippen molar-refractivity contribution in [1.29, 1.82) is 0 Å². The molecule has 1 aromatic rings. The zero-order valence-corrected chi connectivity index (χ0v) is 19.8. The minimum absolute atomic E-state index is 0.134. The maximum absolute atomic E-state index is 14.8. The van der Waals surface area contributed by atoms with Crippen LogP contribution in [0.3, 0.4) is 0 Å². The highest BCUT2D eigenvalue weighted by molar-refractivity contribution is 8.00. The second-order valence-corrected chi connectivity index (χ2v) is 10.7. The molecule has 0 saturated heterocycles. The molecular weight excluding hydrogens is 423 g/mol. The summed E-state index contributed by atoms with van der Waals surface area (Å²) in [5.74, 6) is 0.700. The molecule has 0 aromatic heterocycles. The van der Waals surface area contributed by atoms with E-state index >= 15 is 0 Å². The van der Waals surface area contributed by atoms with E-state index in [0.717, 1.165) is 29.5 Å². The second-order valence-electron chi connectivity index (χ2n) is 9.48. The lowest BCUT2D eigenvalue weighted by molar-refractivity contribution is -0.122. The van der Waals surface area contributed by atoms with Gasteiger partial charge in [-0.2, -0.15) is 11.8 Å². The van der Waals surface area contributed by atoms with E-state index in [1.54, 1.807) is 25.6 Å². The number of aliphatic imine (C=N–C) groups is 1. The number of allylic oxidation sites excluding steroid dienone is 2. The minimum Gasteiger partial charge on any atom is -0.363 e. The van der Waals surface area contributed by atoms with Crippen molar-refractivity contribution in [2.24, 2.45) is 22.7 Å². The van der Waals surface area contributed by atoms with Crippen molar-refractivity contribution in [1.82, 2.24) is 5.32 Å². The fourth-order valence-electron chi connectivity index (χ4n) is 5.55. The Morgan fingerprint density at radius 2 is 2.03 bits per heavy atom. The van der Waals surface area contributed by atoms with Gasteiger partial charge in [0.2, 0.25) is 0 Å². The first kappa shape index (κ1) is 23.0. The molecule has 2 saturated carbocycles. The molecule has 2 aliphatic carbocycles. The molecule has 0 spiro atoms. The third kappa shape index (κ3) is 4.75. The number of halogens is 1. The van der Waals surface area contributed by atoms with E-state index in [1.807, 2.05) is 19.1 Å². The quantitative estimate of drug-likeness (QED) is 0.665. The molecule has 4 bridgehead atoms. The van der Waals surface area contributed by atoms with Crippen LogP contribution in [0, 0.1) is 24.7 Å². The van der Waals surface area contributed by atoms with Crippen molar-refractivity contribution in [3.05, 3.63) is 59.2 Å². The normalized spacial score (nSPS) is 30.9. The van der Waals surface area contributed by atoms with Crippen LogP contribution in [0.4, 0.5) is 4.39 Å². The Labute approximate surface area is 193 Å². The summed E-state index contributed by atoms with van der Waals surface area (Å²) in [6.07, 6.45) is 4.13. The first-order valence-corrected chi connectivity index (χ1v) is 12.3. The van der Waals surface area contributed by atoms with Crippen LogP contribution in [-0.4, -0.2) is 34.3 Å². The zero-order chi connectivity index (χ0) is 23.0. The molecule has 1 aliphatic heterocycles. The van der Waals surface area contributed by atoms with Crippen molar-refractivity contribution >= 4 is 29.0 Å².